The predicted octanol–water partition coefficient (Wildman–Crippen LogP) is 2.57. The molecule has 29 heavy (non-hydrogen) atoms. The topological polar surface area (TPSA) is 94.1 Å². The molecule has 0 saturated heterocycles. The number of hydrogen-bond acceptors (Lipinski definition) is 4. The number of aromatic nitrogens is 3. The van der Waals surface area contributed by atoms with Gasteiger partial charge in [0.25, 0.3) is 0 Å². The Labute approximate surface area is 168 Å². The van der Waals surface area contributed by atoms with E-state index in [4.69, 9.17) is 4.42 Å². The standard InChI is InChI=1S/C21H25N5O3/c27-20(22-12-4-8-16-6-2-1-3-7-16)23-13-14-25-21(28)26(17-10-11-17)19(24-25)18-9-5-15-29-18/h1-3,5-7,9,15,17H,4,8,10-14H2,(H2,22,23,27). The lowest BCUT2D eigenvalue weighted by atomic mass is 10.1. The van der Waals surface area contributed by atoms with E-state index in [-0.39, 0.29) is 17.8 Å². The average molecular weight is 395 g/mol. The summed E-state index contributed by atoms with van der Waals surface area (Å²) < 4.78 is 8.51. The van der Waals surface area contributed by atoms with Gasteiger partial charge in [-0.15, -0.1) is 5.10 Å². The largest absolute Gasteiger partial charge is 0.461 e. The van der Waals surface area contributed by atoms with Crippen molar-refractivity contribution in [2.75, 3.05) is 13.1 Å². The summed E-state index contributed by atoms with van der Waals surface area (Å²) in [7, 11) is 0. The molecule has 1 fully saturated rings. The minimum atomic E-state index is -0.237. The van der Waals surface area contributed by atoms with Crippen molar-refractivity contribution < 1.29 is 9.21 Å². The second kappa shape index (κ2) is 8.81. The molecule has 8 nitrogen and oxygen atoms in total. The molecule has 1 aliphatic rings. The summed E-state index contributed by atoms with van der Waals surface area (Å²) in [5, 5.41) is 10.0. The van der Waals surface area contributed by atoms with Crippen molar-refractivity contribution in [2.45, 2.75) is 38.3 Å². The van der Waals surface area contributed by atoms with Crippen molar-refractivity contribution in [1.82, 2.24) is 25.0 Å². The van der Waals surface area contributed by atoms with Crippen LogP contribution in [0.25, 0.3) is 11.6 Å². The van der Waals surface area contributed by atoms with Crippen LogP contribution in [0.3, 0.4) is 0 Å². The molecule has 0 unspecified atom stereocenters. The van der Waals surface area contributed by atoms with Crippen LogP contribution in [0.1, 0.15) is 30.9 Å². The second-order valence-electron chi connectivity index (χ2n) is 7.18. The van der Waals surface area contributed by atoms with Gasteiger partial charge in [0.1, 0.15) is 0 Å². The molecule has 2 heterocycles. The fourth-order valence-corrected chi connectivity index (χ4v) is 3.28. The van der Waals surface area contributed by atoms with E-state index in [9.17, 15) is 9.59 Å². The predicted molar refractivity (Wildman–Crippen MR) is 109 cm³/mol. The maximum Gasteiger partial charge on any atom is 0.346 e. The van der Waals surface area contributed by atoms with Crippen LogP contribution >= 0.6 is 0 Å². The SMILES string of the molecule is O=C(NCCCc1ccccc1)NCCn1nc(-c2ccco2)n(C2CC2)c1=O. The van der Waals surface area contributed by atoms with Crippen LogP contribution < -0.4 is 16.3 Å². The number of hydrogen-bond donors (Lipinski definition) is 2. The minimum Gasteiger partial charge on any atom is -0.461 e. The quantitative estimate of drug-likeness (QED) is 0.545. The summed E-state index contributed by atoms with van der Waals surface area (Å²) in [5.74, 6) is 1.13. The van der Waals surface area contributed by atoms with E-state index in [1.807, 2.05) is 18.2 Å². The minimum absolute atomic E-state index is 0.163. The summed E-state index contributed by atoms with van der Waals surface area (Å²) in [6.07, 6.45) is 5.31. The summed E-state index contributed by atoms with van der Waals surface area (Å²) in [5.41, 5.74) is 1.09. The van der Waals surface area contributed by atoms with Crippen LogP contribution in [0, 0.1) is 0 Å². The third kappa shape index (κ3) is 4.77. The molecule has 2 aromatic heterocycles. The first-order valence-electron chi connectivity index (χ1n) is 10.0. The Hall–Kier alpha value is -3.29. The van der Waals surface area contributed by atoms with E-state index < -0.39 is 0 Å². The Kier molecular flexibility index (Phi) is 5.79. The summed E-state index contributed by atoms with van der Waals surface area (Å²) in [6, 6.07) is 13.7. The monoisotopic (exact) mass is 395 g/mol. The molecule has 1 aromatic carbocycles. The third-order valence-corrected chi connectivity index (χ3v) is 4.90. The first-order chi connectivity index (χ1) is 14.2. The van der Waals surface area contributed by atoms with Crippen LogP contribution in [-0.2, 0) is 13.0 Å². The summed E-state index contributed by atoms with van der Waals surface area (Å²) in [6.45, 7) is 1.23. The lowest BCUT2D eigenvalue weighted by Gasteiger charge is -2.07. The van der Waals surface area contributed by atoms with E-state index in [0.717, 1.165) is 25.7 Å². The van der Waals surface area contributed by atoms with Gasteiger partial charge in [0.05, 0.1) is 12.8 Å². The van der Waals surface area contributed by atoms with Crippen molar-refractivity contribution in [1.29, 1.82) is 0 Å². The first kappa shape index (κ1) is 19.0. The Morgan fingerprint density at radius 2 is 1.90 bits per heavy atom. The second-order valence-corrected chi connectivity index (χ2v) is 7.18. The first-order valence-corrected chi connectivity index (χ1v) is 10.0. The lowest BCUT2D eigenvalue weighted by Crippen LogP contribution is -2.39. The maximum absolute atomic E-state index is 12.7. The number of rotatable bonds is 9. The number of aryl methyl sites for hydroxylation is 1. The molecule has 152 valence electrons. The van der Waals surface area contributed by atoms with E-state index in [1.165, 1.54) is 10.2 Å². The Bertz CT molecular complexity index is 987. The van der Waals surface area contributed by atoms with Crippen LogP contribution in [-0.4, -0.2) is 33.5 Å². The number of urea groups is 1. The molecule has 0 atom stereocenters. The number of carbonyl (C=O) groups excluding carboxylic acids is 1. The van der Waals surface area contributed by atoms with Gasteiger partial charge in [0.15, 0.2) is 5.76 Å². The zero-order valence-electron chi connectivity index (χ0n) is 16.2. The zero-order valence-corrected chi connectivity index (χ0v) is 16.2. The van der Waals surface area contributed by atoms with Gasteiger partial charge in [-0.05, 0) is 43.4 Å². The number of amides is 2. The van der Waals surface area contributed by atoms with E-state index in [1.54, 1.807) is 23.0 Å². The molecule has 0 bridgehead atoms. The molecular weight excluding hydrogens is 370 g/mol. The average Bonchev–Trinajstić information content (AvgIpc) is 3.31. The van der Waals surface area contributed by atoms with Crippen molar-refractivity contribution in [3.8, 4) is 11.6 Å². The van der Waals surface area contributed by atoms with Crippen LogP contribution in [0.15, 0.2) is 57.9 Å². The molecular formula is C21H25N5O3. The molecule has 4 rings (SSSR count). The summed E-state index contributed by atoms with van der Waals surface area (Å²) >= 11 is 0. The number of carbonyl (C=O) groups is 1. The highest BCUT2D eigenvalue weighted by atomic mass is 16.3. The molecule has 1 saturated carbocycles. The van der Waals surface area contributed by atoms with E-state index >= 15 is 0 Å². The van der Waals surface area contributed by atoms with Gasteiger partial charge in [0.2, 0.25) is 5.82 Å². The molecule has 8 heteroatoms. The van der Waals surface area contributed by atoms with Gasteiger partial charge in [-0.3, -0.25) is 4.57 Å². The van der Waals surface area contributed by atoms with Gasteiger partial charge >= 0.3 is 11.7 Å². The highest BCUT2D eigenvalue weighted by Crippen LogP contribution is 2.36. The van der Waals surface area contributed by atoms with E-state index in [2.05, 4.69) is 27.9 Å². The van der Waals surface area contributed by atoms with Gasteiger partial charge in [-0.1, -0.05) is 30.3 Å². The van der Waals surface area contributed by atoms with E-state index in [0.29, 0.717) is 31.2 Å². The van der Waals surface area contributed by atoms with Crippen molar-refractivity contribution >= 4 is 6.03 Å². The fourth-order valence-electron chi connectivity index (χ4n) is 3.28. The van der Waals surface area contributed by atoms with Gasteiger partial charge < -0.3 is 15.1 Å². The maximum atomic E-state index is 12.7. The Morgan fingerprint density at radius 3 is 2.62 bits per heavy atom. The zero-order chi connectivity index (χ0) is 20.1. The number of furan rings is 1. The molecule has 2 N–H and O–H groups in total. The molecule has 0 radical (unpaired) electrons. The van der Waals surface area contributed by atoms with Crippen molar-refractivity contribution in [3.63, 3.8) is 0 Å². The Morgan fingerprint density at radius 1 is 1.10 bits per heavy atom. The Balaban J connectivity index is 1.25. The van der Waals surface area contributed by atoms with Crippen LogP contribution in [0.2, 0.25) is 0 Å². The van der Waals surface area contributed by atoms with Gasteiger partial charge in [-0.25, -0.2) is 14.3 Å². The molecule has 0 aliphatic heterocycles. The fraction of sp³-hybridized carbons (Fsp3) is 0.381. The highest BCUT2D eigenvalue weighted by molar-refractivity contribution is 5.73. The lowest BCUT2D eigenvalue weighted by molar-refractivity contribution is 0.240. The third-order valence-electron chi connectivity index (χ3n) is 4.90. The number of nitrogens with zero attached hydrogens (tertiary/aromatic N) is 3. The smallest absolute Gasteiger partial charge is 0.346 e. The molecule has 2 amide bonds. The summed E-state index contributed by atoms with van der Waals surface area (Å²) in [4.78, 5) is 24.6. The van der Waals surface area contributed by atoms with Gasteiger partial charge in [-0.2, -0.15) is 0 Å². The highest BCUT2D eigenvalue weighted by Gasteiger charge is 2.31. The van der Waals surface area contributed by atoms with Crippen molar-refractivity contribution in [2.24, 2.45) is 0 Å². The van der Waals surface area contributed by atoms with Crippen LogP contribution in [0.5, 0.6) is 0 Å². The van der Waals surface area contributed by atoms with Gasteiger partial charge in [0, 0.05) is 19.1 Å². The number of nitrogens with one attached hydrogen (secondary N) is 2. The molecule has 3 aromatic rings. The molecule has 0 spiro atoms. The molecule has 1 aliphatic carbocycles. The normalized spacial score (nSPS) is 13.4. The van der Waals surface area contributed by atoms with Crippen molar-refractivity contribution in [3.05, 3.63) is 64.8 Å². The van der Waals surface area contributed by atoms with Crippen LogP contribution in [0.4, 0.5) is 4.79 Å². The number of benzene rings is 1.